The number of thioether (sulfide) groups is 1. The number of fused-ring (bicyclic) bond motifs is 3. The molecule has 19 heavy (non-hydrogen) atoms. The molecule has 2 saturated heterocycles. The van der Waals surface area contributed by atoms with Gasteiger partial charge < -0.3 is 9.73 Å². The van der Waals surface area contributed by atoms with Crippen molar-refractivity contribution >= 4 is 11.8 Å². The summed E-state index contributed by atoms with van der Waals surface area (Å²) in [6, 6.07) is 0. The molecule has 4 unspecified atom stereocenters. The van der Waals surface area contributed by atoms with E-state index in [2.05, 4.69) is 27.4 Å². The van der Waals surface area contributed by atoms with Crippen LogP contribution in [0, 0.1) is 17.8 Å². The molecule has 4 nitrogen and oxygen atoms in total. The zero-order chi connectivity index (χ0) is 12.7. The highest BCUT2D eigenvalue weighted by Gasteiger charge is 2.50. The minimum atomic E-state index is 0.695. The van der Waals surface area contributed by atoms with Gasteiger partial charge in [-0.05, 0) is 31.1 Å². The van der Waals surface area contributed by atoms with E-state index in [0.717, 1.165) is 42.0 Å². The third-order valence-corrected chi connectivity index (χ3v) is 6.73. The zero-order valence-electron chi connectivity index (χ0n) is 11.0. The topological polar surface area (TPSA) is 50.1 Å². The van der Waals surface area contributed by atoms with Crippen LogP contribution in [0.3, 0.4) is 0 Å². The van der Waals surface area contributed by atoms with Gasteiger partial charge in [0.2, 0.25) is 0 Å². The monoisotopic (exact) mass is 279 g/mol. The molecule has 0 radical (unpaired) electrons. The largest absolute Gasteiger partial charge is 0.449 e. The Morgan fingerprint density at radius 3 is 3.32 bits per heavy atom. The number of oxazole rings is 1. The lowest BCUT2D eigenvalue weighted by molar-refractivity contribution is 0.217. The second-order valence-corrected chi connectivity index (χ2v) is 7.36. The molecule has 3 fully saturated rings. The molecule has 1 saturated carbocycles. The van der Waals surface area contributed by atoms with Gasteiger partial charge in [0.05, 0.1) is 11.6 Å². The predicted molar refractivity (Wildman–Crippen MR) is 75.7 cm³/mol. The molecule has 1 aliphatic carbocycles. The SMILES string of the molecule is c1coc(CC[C@H]2CCC3SC4NCNCC4C32)n1. The van der Waals surface area contributed by atoms with Crippen molar-refractivity contribution in [2.24, 2.45) is 17.8 Å². The molecule has 3 aliphatic rings. The van der Waals surface area contributed by atoms with E-state index < -0.39 is 0 Å². The van der Waals surface area contributed by atoms with Crippen LogP contribution in [0.25, 0.3) is 0 Å². The molecule has 0 amide bonds. The van der Waals surface area contributed by atoms with Crippen LogP contribution in [-0.2, 0) is 6.42 Å². The normalized spacial score (nSPS) is 41.2. The predicted octanol–water partition coefficient (Wildman–Crippen LogP) is 1.84. The molecule has 2 aliphatic heterocycles. The maximum Gasteiger partial charge on any atom is 0.193 e. The minimum absolute atomic E-state index is 0.695. The van der Waals surface area contributed by atoms with Crippen molar-refractivity contribution in [1.29, 1.82) is 0 Å². The molecule has 0 spiro atoms. The lowest BCUT2D eigenvalue weighted by Crippen LogP contribution is -2.50. The van der Waals surface area contributed by atoms with E-state index in [1.54, 1.807) is 12.5 Å². The van der Waals surface area contributed by atoms with E-state index in [1.807, 2.05) is 0 Å². The maximum absolute atomic E-state index is 5.37. The summed E-state index contributed by atoms with van der Waals surface area (Å²) in [6.45, 7) is 2.18. The average molecular weight is 279 g/mol. The van der Waals surface area contributed by atoms with Crippen LogP contribution in [0.1, 0.15) is 25.2 Å². The summed E-state index contributed by atoms with van der Waals surface area (Å²) in [6.07, 6.45) is 8.48. The zero-order valence-corrected chi connectivity index (χ0v) is 11.9. The van der Waals surface area contributed by atoms with Gasteiger partial charge in [-0.3, -0.25) is 5.32 Å². The first-order chi connectivity index (χ1) is 9.42. The van der Waals surface area contributed by atoms with Crippen LogP contribution in [0.2, 0.25) is 0 Å². The number of aromatic nitrogens is 1. The molecule has 1 aromatic heterocycles. The average Bonchev–Trinajstić information content (AvgIpc) is 3.13. The van der Waals surface area contributed by atoms with Gasteiger partial charge >= 0.3 is 0 Å². The summed E-state index contributed by atoms with van der Waals surface area (Å²) < 4.78 is 5.37. The number of nitrogens with zero attached hydrogens (tertiary/aromatic N) is 1. The summed E-state index contributed by atoms with van der Waals surface area (Å²) in [5.41, 5.74) is 0. The van der Waals surface area contributed by atoms with Crippen molar-refractivity contribution < 1.29 is 4.42 Å². The maximum atomic E-state index is 5.37. The summed E-state index contributed by atoms with van der Waals surface area (Å²) in [5, 5.41) is 8.71. The van der Waals surface area contributed by atoms with E-state index in [4.69, 9.17) is 4.42 Å². The molecule has 3 heterocycles. The molecule has 5 atom stereocenters. The van der Waals surface area contributed by atoms with Crippen molar-refractivity contribution in [2.75, 3.05) is 13.2 Å². The minimum Gasteiger partial charge on any atom is -0.449 e. The van der Waals surface area contributed by atoms with Crippen LogP contribution >= 0.6 is 11.8 Å². The Morgan fingerprint density at radius 1 is 1.42 bits per heavy atom. The summed E-state index contributed by atoms with van der Waals surface area (Å²) in [4.78, 5) is 4.25. The van der Waals surface area contributed by atoms with Gasteiger partial charge in [-0.1, -0.05) is 0 Å². The van der Waals surface area contributed by atoms with Crippen LogP contribution in [0.5, 0.6) is 0 Å². The number of hydrogen-bond donors (Lipinski definition) is 2. The first-order valence-electron chi connectivity index (χ1n) is 7.40. The molecule has 2 N–H and O–H groups in total. The third kappa shape index (κ3) is 2.22. The van der Waals surface area contributed by atoms with Crippen LogP contribution in [0.4, 0.5) is 0 Å². The highest BCUT2D eigenvalue weighted by molar-refractivity contribution is 8.00. The first kappa shape index (κ1) is 12.2. The Kier molecular flexibility index (Phi) is 3.29. The molecule has 5 heteroatoms. The standard InChI is InChI=1S/C14H21N3OS/c1-3-11-13(10-7-15-8-17-14(10)19-11)9(1)2-4-12-16-5-6-18-12/h5-6,9-11,13-15,17H,1-4,7-8H2/t9-,10?,11?,13?,14?/m1/s1. The smallest absolute Gasteiger partial charge is 0.193 e. The molecule has 104 valence electrons. The second-order valence-electron chi connectivity index (χ2n) is 5.97. The molecule has 4 rings (SSSR count). The molecule has 1 aromatic rings. The fraction of sp³-hybridized carbons (Fsp3) is 0.786. The van der Waals surface area contributed by atoms with E-state index in [0.29, 0.717) is 5.37 Å². The quantitative estimate of drug-likeness (QED) is 0.884. The van der Waals surface area contributed by atoms with Gasteiger partial charge in [0.1, 0.15) is 6.26 Å². The highest BCUT2D eigenvalue weighted by Crippen LogP contribution is 2.54. The first-order valence-corrected chi connectivity index (χ1v) is 8.34. The Bertz CT molecular complexity index is 424. The van der Waals surface area contributed by atoms with Crippen LogP contribution in [0.15, 0.2) is 16.9 Å². The van der Waals surface area contributed by atoms with Crippen LogP contribution < -0.4 is 10.6 Å². The van der Waals surface area contributed by atoms with Gasteiger partial charge in [0.25, 0.3) is 0 Å². The Balaban J connectivity index is 1.42. The lowest BCUT2D eigenvalue weighted by atomic mass is 9.81. The molecule has 0 aromatic carbocycles. The molecule has 0 bridgehead atoms. The summed E-state index contributed by atoms with van der Waals surface area (Å²) >= 11 is 2.20. The van der Waals surface area contributed by atoms with Crippen molar-refractivity contribution in [2.45, 2.75) is 36.3 Å². The van der Waals surface area contributed by atoms with Crippen molar-refractivity contribution in [3.8, 4) is 0 Å². The second kappa shape index (κ2) is 5.11. The number of rotatable bonds is 3. The van der Waals surface area contributed by atoms with Gasteiger partial charge in [0, 0.05) is 30.8 Å². The number of aryl methyl sites for hydroxylation is 1. The highest BCUT2D eigenvalue weighted by atomic mass is 32.2. The third-order valence-electron chi connectivity index (χ3n) is 5.02. The van der Waals surface area contributed by atoms with E-state index >= 15 is 0 Å². The van der Waals surface area contributed by atoms with Crippen LogP contribution in [-0.4, -0.2) is 28.8 Å². The molecular formula is C14H21N3OS. The molecular weight excluding hydrogens is 258 g/mol. The number of nitrogens with one attached hydrogen (secondary N) is 2. The summed E-state index contributed by atoms with van der Waals surface area (Å²) in [7, 11) is 0. The van der Waals surface area contributed by atoms with Gasteiger partial charge in [-0.25, -0.2) is 4.98 Å². The fourth-order valence-electron chi connectivity index (χ4n) is 4.22. The lowest BCUT2D eigenvalue weighted by Gasteiger charge is -2.32. The Morgan fingerprint density at radius 2 is 2.42 bits per heavy atom. The van der Waals surface area contributed by atoms with Crippen molar-refractivity contribution in [3.63, 3.8) is 0 Å². The van der Waals surface area contributed by atoms with Gasteiger partial charge in [-0.2, -0.15) is 0 Å². The van der Waals surface area contributed by atoms with Gasteiger partial charge in [0.15, 0.2) is 5.89 Å². The van der Waals surface area contributed by atoms with E-state index in [-0.39, 0.29) is 0 Å². The van der Waals surface area contributed by atoms with E-state index in [9.17, 15) is 0 Å². The Hall–Kier alpha value is -0.520. The Labute approximate surface area is 118 Å². The number of hydrogen-bond acceptors (Lipinski definition) is 5. The van der Waals surface area contributed by atoms with Crippen molar-refractivity contribution in [1.82, 2.24) is 15.6 Å². The fourth-order valence-corrected chi connectivity index (χ4v) is 6.13. The van der Waals surface area contributed by atoms with E-state index in [1.165, 1.54) is 25.8 Å². The van der Waals surface area contributed by atoms with Gasteiger partial charge in [-0.15, -0.1) is 11.8 Å². The van der Waals surface area contributed by atoms with Crippen molar-refractivity contribution in [3.05, 3.63) is 18.4 Å². The summed E-state index contributed by atoms with van der Waals surface area (Å²) in [5.74, 6) is 3.48.